The Morgan fingerprint density at radius 2 is 1.95 bits per heavy atom. The Kier molecular flexibility index (Phi) is 7.24. The molecule has 41 heavy (non-hydrogen) atoms. The topological polar surface area (TPSA) is 97.2 Å². The molecule has 1 aromatic carbocycles. The molecule has 2 saturated heterocycles. The summed E-state index contributed by atoms with van der Waals surface area (Å²) in [6.45, 7) is 3.87. The summed E-state index contributed by atoms with van der Waals surface area (Å²) in [4.78, 5) is 30.5. The number of nitrogens with one attached hydrogen (secondary N) is 2. The first kappa shape index (κ1) is 26.3. The number of fused-ring (bicyclic) bond motifs is 1. The number of piperidine rings is 1. The van der Waals surface area contributed by atoms with E-state index >= 15 is 0 Å². The van der Waals surface area contributed by atoms with Crippen molar-refractivity contribution in [1.82, 2.24) is 29.7 Å². The predicted molar refractivity (Wildman–Crippen MR) is 160 cm³/mol. The molecule has 0 spiro atoms. The first-order chi connectivity index (χ1) is 20.1. The van der Waals surface area contributed by atoms with Crippen molar-refractivity contribution >= 4 is 22.7 Å². The number of pyridine rings is 2. The third kappa shape index (κ3) is 5.49. The third-order valence-corrected chi connectivity index (χ3v) is 8.74. The van der Waals surface area contributed by atoms with Gasteiger partial charge in [-0.25, -0.2) is 4.98 Å². The lowest BCUT2D eigenvalue weighted by atomic mass is 9.96. The van der Waals surface area contributed by atoms with Gasteiger partial charge in [0.25, 0.3) is 5.56 Å². The molecular weight excluding hydrogens is 514 g/mol. The quantitative estimate of drug-likeness (QED) is 0.342. The fourth-order valence-corrected chi connectivity index (χ4v) is 6.32. The molecule has 2 atom stereocenters. The molecule has 2 N–H and O–H groups in total. The number of aromatic nitrogens is 4. The molecule has 2 aliphatic heterocycles. The molecule has 3 fully saturated rings. The van der Waals surface area contributed by atoms with Crippen LogP contribution in [-0.4, -0.2) is 57.7 Å². The molecule has 0 radical (unpaired) electrons. The lowest BCUT2D eigenvalue weighted by molar-refractivity contribution is 0.0277. The van der Waals surface area contributed by atoms with Gasteiger partial charge >= 0.3 is 0 Å². The Morgan fingerprint density at radius 3 is 2.73 bits per heavy atom. The lowest BCUT2D eigenvalue weighted by Gasteiger charge is -2.32. The molecule has 1 aliphatic carbocycles. The molecular formula is C32H37N7O2. The van der Waals surface area contributed by atoms with Gasteiger partial charge in [-0.2, -0.15) is 4.98 Å². The van der Waals surface area contributed by atoms with Crippen molar-refractivity contribution < 1.29 is 4.74 Å². The van der Waals surface area contributed by atoms with Crippen molar-refractivity contribution in [3.63, 3.8) is 0 Å². The van der Waals surface area contributed by atoms with E-state index < -0.39 is 0 Å². The van der Waals surface area contributed by atoms with Crippen LogP contribution in [0.3, 0.4) is 0 Å². The van der Waals surface area contributed by atoms with Crippen LogP contribution in [0.5, 0.6) is 0 Å². The third-order valence-electron chi connectivity index (χ3n) is 8.74. The average Bonchev–Trinajstić information content (AvgIpc) is 3.86. The van der Waals surface area contributed by atoms with Crippen molar-refractivity contribution in [2.75, 3.05) is 38.6 Å². The van der Waals surface area contributed by atoms with Gasteiger partial charge in [-0.05, 0) is 86.1 Å². The Hall–Kier alpha value is -3.66. The maximum atomic E-state index is 14.2. The summed E-state index contributed by atoms with van der Waals surface area (Å²) in [5.74, 6) is 1.03. The Bertz CT molecular complexity index is 1590. The summed E-state index contributed by atoms with van der Waals surface area (Å²) in [6, 6.07) is 12.4. The monoisotopic (exact) mass is 551 g/mol. The number of anilines is 2. The molecule has 7 rings (SSSR count). The standard InChI is InChI=1S/C32H37N7O2/c1-38-14-3-2-4-28(38)27-16-23-18-35-32(36-25-9-7-22(8-10-25)29-19-34-13-15-41-29)37-30(23)39(31(27)40)20-24-17-33-12-11-26(24)21-5-6-21/h7-12,16-18,21,28-29,34H,2-6,13-15,19-20H2,1H3,(H,35,36,37). The summed E-state index contributed by atoms with van der Waals surface area (Å²) >= 11 is 0. The molecule has 4 aromatic rings. The molecule has 9 nitrogen and oxygen atoms in total. The van der Waals surface area contributed by atoms with Crippen LogP contribution < -0.4 is 16.2 Å². The maximum absolute atomic E-state index is 14.2. The van der Waals surface area contributed by atoms with Crippen molar-refractivity contribution in [1.29, 1.82) is 0 Å². The zero-order valence-electron chi connectivity index (χ0n) is 23.6. The van der Waals surface area contributed by atoms with Gasteiger partial charge in [0.15, 0.2) is 0 Å². The highest BCUT2D eigenvalue weighted by Crippen LogP contribution is 2.41. The molecule has 1 saturated carbocycles. The normalized spacial score (nSPS) is 21.7. The van der Waals surface area contributed by atoms with E-state index in [1.165, 1.54) is 24.8 Å². The van der Waals surface area contributed by atoms with E-state index in [-0.39, 0.29) is 17.7 Å². The minimum atomic E-state index is 0.0249. The van der Waals surface area contributed by atoms with Crippen LogP contribution in [0.1, 0.15) is 72.4 Å². The summed E-state index contributed by atoms with van der Waals surface area (Å²) in [5.41, 5.74) is 5.90. The second-order valence-corrected chi connectivity index (χ2v) is 11.6. The second kappa shape index (κ2) is 11.3. The number of hydrogen-bond donors (Lipinski definition) is 2. The number of likely N-dealkylation sites (tertiary alicyclic amines) is 1. The first-order valence-electron chi connectivity index (χ1n) is 14.9. The Labute approximate surface area is 240 Å². The molecule has 9 heteroatoms. The van der Waals surface area contributed by atoms with E-state index in [1.807, 2.05) is 41.4 Å². The first-order valence-corrected chi connectivity index (χ1v) is 14.9. The van der Waals surface area contributed by atoms with Crippen molar-refractivity contribution in [3.8, 4) is 0 Å². The summed E-state index contributed by atoms with van der Waals surface area (Å²) < 4.78 is 7.73. The van der Waals surface area contributed by atoms with Crippen LogP contribution in [-0.2, 0) is 11.3 Å². The largest absolute Gasteiger partial charge is 0.371 e. The highest BCUT2D eigenvalue weighted by molar-refractivity contribution is 5.77. The minimum Gasteiger partial charge on any atom is -0.371 e. The second-order valence-electron chi connectivity index (χ2n) is 11.6. The fraction of sp³-hybridized carbons (Fsp3) is 0.438. The Balaban J connectivity index is 1.25. The van der Waals surface area contributed by atoms with Crippen LogP contribution >= 0.6 is 0 Å². The van der Waals surface area contributed by atoms with Crippen molar-refractivity contribution in [2.24, 2.45) is 0 Å². The van der Waals surface area contributed by atoms with Gasteiger partial charge < -0.3 is 15.4 Å². The molecule has 2 unspecified atom stereocenters. The van der Waals surface area contributed by atoms with Gasteiger partial charge in [-0.15, -0.1) is 0 Å². The summed E-state index contributed by atoms with van der Waals surface area (Å²) in [6.07, 6.45) is 11.3. The van der Waals surface area contributed by atoms with Gasteiger partial charge in [0.1, 0.15) is 5.65 Å². The number of hydrogen-bond acceptors (Lipinski definition) is 8. The lowest BCUT2D eigenvalue weighted by Crippen LogP contribution is -2.36. The predicted octanol–water partition coefficient (Wildman–Crippen LogP) is 4.67. The van der Waals surface area contributed by atoms with Gasteiger partial charge in [0, 0.05) is 54.4 Å². The van der Waals surface area contributed by atoms with E-state index in [9.17, 15) is 4.79 Å². The van der Waals surface area contributed by atoms with Crippen LogP contribution in [0.15, 0.2) is 59.8 Å². The molecule has 3 aliphatic rings. The van der Waals surface area contributed by atoms with Crippen molar-refractivity contribution in [3.05, 3.63) is 87.6 Å². The van der Waals surface area contributed by atoms with Crippen molar-refractivity contribution in [2.45, 2.75) is 56.7 Å². The summed E-state index contributed by atoms with van der Waals surface area (Å²) in [5, 5.41) is 7.60. The zero-order valence-corrected chi connectivity index (χ0v) is 23.6. The number of benzene rings is 1. The number of nitrogens with zero attached hydrogens (tertiary/aromatic N) is 5. The smallest absolute Gasteiger partial charge is 0.257 e. The SMILES string of the molecule is CN1CCCCC1c1cc2cnc(Nc3ccc(C4CNCCO4)cc3)nc2n(Cc2cnccc2C2CC2)c1=O. The minimum absolute atomic E-state index is 0.0249. The van der Waals surface area contributed by atoms with E-state index in [1.54, 1.807) is 0 Å². The average molecular weight is 552 g/mol. The van der Waals surface area contributed by atoms with E-state index in [2.05, 4.69) is 50.7 Å². The number of rotatable bonds is 7. The van der Waals surface area contributed by atoms with Crippen LogP contribution in [0, 0.1) is 0 Å². The molecule has 0 amide bonds. The van der Waals surface area contributed by atoms with Crippen LogP contribution in [0.4, 0.5) is 11.6 Å². The Morgan fingerprint density at radius 1 is 1.07 bits per heavy atom. The van der Waals surface area contributed by atoms with E-state index in [4.69, 9.17) is 9.72 Å². The number of morpholine rings is 1. The molecule has 0 bridgehead atoms. The maximum Gasteiger partial charge on any atom is 0.257 e. The van der Waals surface area contributed by atoms with E-state index in [0.717, 1.165) is 66.8 Å². The highest BCUT2D eigenvalue weighted by Gasteiger charge is 2.28. The van der Waals surface area contributed by atoms with Crippen LogP contribution in [0.25, 0.3) is 11.0 Å². The van der Waals surface area contributed by atoms with Gasteiger partial charge in [-0.1, -0.05) is 18.6 Å². The van der Waals surface area contributed by atoms with Crippen LogP contribution in [0.2, 0.25) is 0 Å². The van der Waals surface area contributed by atoms with E-state index in [0.29, 0.717) is 24.1 Å². The van der Waals surface area contributed by atoms with Gasteiger partial charge in [0.05, 0.1) is 19.3 Å². The highest BCUT2D eigenvalue weighted by atomic mass is 16.5. The van der Waals surface area contributed by atoms with Gasteiger partial charge in [0.2, 0.25) is 5.95 Å². The number of ether oxygens (including phenoxy) is 1. The van der Waals surface area contributed by atoms with Gasteiger partial charge in [-0.3, -0.25) is 19.2 Å². The summed E-state index contributed by atoms with van der Waals surface area (Å²) in [7, 11) is 2.12. The zero-order chi connectivity index (χ0) is 27.8. The fourth-order valence-electron chi connectivity index (χ4n) is 6.32. The molecule has 3 aromatic heterocycles. The molecule has 5 heterocycles. The molecule has 212 valence electrons.